The number of fused-ring (bicyclic) bond motifs is 1. The first-order chi connectivity index (χ1) is 19.9. The van der Waals surface area contributed by atoms with Crippen LogP contribution in [0.3, 0.4) is 0 Å². The number of piperidine rings is 1. The summed E-state index contributed by atoms with van der Waals surface area (Å²) in [6.07, 6.45) is 4.18. The lowest BCUT2D eigenvalue weighted by Crippen LogP contribution is -2.30. The van der Waals surface area contributed by atoms with E-state index in [0.29, 0.717) is 52.8 Å². The molecule has 2 aliphatic heterocycles. The number of aromatic amines is 1. The van der Waals surface area contributed by atoms with Crippen LogP contribution < -0.4 is 10.6 Å². The van der Waals surface area contributed by atoms with Gasteiger partial charge in [0.15, 0.2) is 5.82 Å². The van der Waals surface area contributed by atoms with Crippen LogP contribution in [0.5, 0.6) is 0 Å². The van der Waals surface area contributed by atoms with E-state index in [9.17, 15) is 13.6 Å². The number of aromatic nitrogens is 3. The molecule has 2 aromatic carbocycles. The van der Waals surface area contributed by atoms with E-state index in [4.69, 9.17) is 4.74 Å². The molecule has 0 radical (unpaired) electrons. The molecule has 0 unspecified atom stereocenters. The number of nitrogens with one attached hydrogen (secondary N) is 3. The monoisotopic (exact) mass is 560 g/mol. The van der Waals surface area contributed by atoms with Gasteiger partial charge in [-0.05, 0) is 99.3 Å². The van der Waals surface area contributed by atoms with Crippen molar-refractivity contribution in [2.45, 2.75) is 44.1 Å². The third kappa shape index (κ3) is 6.39. The maximum Gasteiger partial charge on any atom is 0.259 e. The molecule has 8 nitrogen and oxygen atoms in total. The van der Waals surface area contributed by atoms with Crippen molar-refractivity contribution in [3.63, 3.8) is 0 Å². The van der Waals surface area contributed by atoms with E-state index in [1.807, 2.05) is 6.07 Å². The Balaban J connectivity index is 1.25. The number of halogens is 2. The largest absolute Gasteiger partial charge is 0.381 e. The van der Waals surface area contributed by atoms with Crippen molar-refractivity contribution < 1.29 is 18.3 Å². The summed E-state index contributed by atoms with van der Waals surface area (Å²) in [4.78, 5) is 20.7. The van der Waals surface area contributed by atoms with Crippen LogP contribution in [0.4, 0.5) is 20.3 Å². The highest BCUT2D eigenvalue weighted by atomic mass is 19.1. The maximum absolute atomic E-state index is 13.7. The van der Waals surface area contributed by atoms with E-state index in [1.54, 1.807) is 12.1 Å². The van der Waals surface area contributed by atoms with Crippen LogP contribution in [0.15, 0.2) is 48.5 Å². The Morgan fingerprint density at radius 1 is 1.02 bits per heavy atom. The highest BCUT2D eigenvalue weighted by Gasteiger charge is 2.23. The lowest BCUT2D eigenvalue weighted by Gasteiger charge is -2.30. The molecule has 6 rings (SSSR count). The first kappa shape index (κ1) is 27.3. The number of likely N-dealkylation sites (tertiary alicyclic amines) is 1. The van der Waals surface area contributed by atoms with Crippen LogP contribution in [-0.2, 0) is 11.2 Å². The molecule has 0 atom stereocenters. The molecule has 0 bridgehead atoms. The van der Waals surface area contributed by atoms with Gasteiger partial charge in [-0.3, -0.25) is 9.89 Å². The van der Waals surface area contributed by atoms with Gasteiger partial charge in [0.25, 0.3) is 5.91 Å². The highest BCUT2D eigenvalue weighted by Crippen LogP contribution is 2.32. The normalized spacial score (nSPS) is 17.1. The smallest absolute Gasteiger partial charge is 0.259 e. The van der Waals surface area contributed by atoms with Gasteiger partial charge in [-0.15, -0.1) is 0 Å². The molecule has 0 saturated carbocycles. The van der Waals surface area contributed by atoms with E-state index in [1.165, 1.54) is 17.7 Å². The highest BCUT2D eigenvalue weighted by molar-refractivity contribution is 6.10. The number of hydrogen-bond acceptors (Lipinski definition) is 6. The van der Waals surface area contributed by atoms with E-state index in [2.05, 4.69) is 49.9 Å². The summed E-state index contributed by atoms with van der Waals surface area (Å²) in [6.45, 7) is 3.52. The predicted molar refractivity (Wildman–Crippen MR) is 154 cm³/mol. The van der Waals surface area contributed by atoms with Crippen molar-refractivity contribution in [3.8, 4) is 0 Å². The molecule has 0 aliphatic carbocycles. The quantitative estimate of drug-likeness (QED) is 0.277. The zero-order chi connectivity index (χ0) is 28.3. The van der Waals surface area contributed by atoms with Gasteiger partial charge in [-0.25, -0.2) is 13.8 Å². The summed E-state index contributed by atoms with van der Waals surface area (Å²) in [5.74, 6) is -0.798. The van der Waals surface area contributed by atoms with Gasteiger partial charge < -0.3 is 20.3 Å². The van der Waals surface area contributed by atoms with Crippen LogP contribution in [-0.4, -0.2) is 65.4 Å². The van der Waals surface area contributed by atoms with E-state index >= 15 is 0 Å². The Hall–Kier alpha value is -3.89. The Bertz CT molecular complexity index is 1520. The minimum atomic E-state index is -0.635. The first-order valence-electron chi connectivity index (χ1n) is 14.2. The fourth-order valence-electron chi connectivity index (χ4n) is 5.76. The van der Waals surface area contributed by atoms with Crippen LogP contribution >= 0.6 is 0 Å². The number of amides is 1. The number of hydrogen-bond donors (Lipinski definition) is 3. The Labute approximate surface area is 237 Å². The van der Waals surface area contributed by atoms with Gasteiger partial charge in [-0.2, -0.15) is 5.10 Å². The number of carbonyl (C=O) groups is 1. The van der Waals surface area contributed by atoms with Crippen molar-refractivity contribution in [3.05, 3.63) is 82.5 Å². The third-order valence-corrected chi connectivity index (χ3v) is 8.06. The second-order valence-corrected chi connectivity index (χ2v) is 11.1. The molecular formula is C31H34F2N6O2. The molecule has 3 N–H and O–H groups in total. The molecule has 2 aliphatic rings. The second kappa shape index (κ2) is 11.9. The molecule has 1 amide bonds. The van der Waals surface area contributed by atoms with E-state index in [0.717, 1.165) is 50.5 Å². The van der Waals surface area contributed by atoms with Gasteiger partial charge in [0, 0.05) is 43.1 Å². The van der Waals surface area contributed by atoms with Crippen LogP contribution in [0.25, 0.3) is 11.0 Å². The minimum absolute atomic E-state index is 0.228. The average Bonchev–Trinajstić information content (AvgIpc) is 3.35. The second-order valence-electron chi connectivity index (χ2n) is 11.1. The van der Waals surface area contributed by atoms with Crippen molar-refractivity contribution in [1.82, 2.24) is 20.1 Å². The molecule has 2 fully saturated rings. The summed E-state index contributed by atoms with van der Waals surface area (Å²) >= 11 is 0. The van der Waals surface area contributed by atoms with E-state index < -0.39 is 11.6 Å². The topological polar surface area (TPSA) is 95.2 Å². The van der Waals surface area contributed by atoms with Crippen molar-refractivity contribution in [2.24, 2.45) is 0 Å². The van der Waals surface area contributed by atoms with Gasteiger partial charge in [-0.1, -0.05) is 6.07 Å². The standard InChI is InChI=1S/C31H34F2N6O2/c1-39-10-6-20(7-11-39)21-2-4-26(28(17-21)34-24-8-12-41-13-9-24)31(40)36-30-29-27(37-38-30)5-3-25(35-29)16-19-14-22(32)18-23(33)15-19/h2-5,14-15,17-18,20,24,34H,6-13,16H2,1H3,(H2,36,37,38,40). The summed E-state index contributed by atoms with van der Waals surface area (Å²) in [6, 6.07) is 13.3. The lowest BCUT2D eigenvalue weighted by atomic mass is 9.88. The summed E-state index contributed by atoms with van der Waals surface area (Å²) < 4.78 is 32.9. The van der Waals surface area contributed by atoms with Gasteiger partial charge in [0.2, 0.25) is 0 Å². The zero-order valence-corrected chi connectivity index (χ0v) is 23.1. The molecule has 4 heterocycles. The SMILES string of the molecule is CN1CCC(c2ccc(C(=O)Nc3n[nH]c4ccc(Cc5cc(F)cc(F)c5)nc34)c(NC3CCOCC3)c2)CC1. The fourth-order valence-corrected chi connectivity index (χ4v) is 5.76. The molecule has 2 aromatic heterocycles. The van der Waals surface area contributed by atoms with Crippen molar-refractivity contribution >= 4 is 28.4 Å². The third-order valence-electron chi connectivity index (χ3n) is 8.06. The van der Waals surface area contributed by atoms with Crippen LogP contribution in [0.1, 0.15) is 58.8 Å². The molecule has 41 heavy (non-hydrogen) atoms. The minimum Gasteiger partial charge on any atom is -0.381 e. The lowest BCUT2D eigenvalue weighted by molar-refractivity contribution is 0.0904. The number of pyridine rings is 1. The van der Waals surface area contributed by atoms with Crippen LogP contribution in [0.2, 0.25) is 0 Å². The van der Waals surface area contributed by atoms with E-state index in [-0.39, 0.29) is 18.4 Å². The number of carbonyl (C=O) groups excluding carboxylic acids is 1. The Morgan fingerprint density at radius 3 is 2.54 bits per heavy atom. The molecular weight excluding hydrogens is 526 g/mol. The number of rotatable bonds is 7. The number of anilines is 2. The Kier molecular flexibility index (Phi) is 7.93. The molecule has 10 heteroatoms. The van der Waals surface area contributed by atoms with Gasteiger partial charge in [0.05, 0.1) is 11.1 Å². The molecule has 2 saturated heterocycles. The summed E-state index contributed by atoms with van der Waals surface area (Å²) in [5.41, 5.74) is 4.79. The summed E-state index contributed by atoms with van der Waals surface area (Å²) in [5, 5.41) is 13.8. The average molecular weight is 561 g/mol. The number of H-pyrrole nitrogens is 1. The molecule has 214 valence electrons. The fraction of sp³-hybridized carbons (Fsp3) is 0.387. The number of benzene rings is 2. The zero-order valence-electron chi connectivity index (χ0n) is 23.1. The van der Waals surface area contributed by atoms with Gasteiger partial charge in [0.1, 0.15) is 17.2 Å². The number of ether oxygens (including phenoxy) is 1. The molecule has 0 spiro atoms. The maximum atomic E-state index is 13.7. The molecule has 4 aromatic rings. The van der Waals surface area contributed by atoms with Gasteiger partial charge >= 0.3 is 0 Å². The predicted octanol–water partition coefficient (Wildman–Crippen LogP) is 5.48. The number of nitrogens with zero attached hydrogens (tertiary/aromatic N) is 3. The first-order valence-corrected chi connectivity index (χ1v) is 14.2. The summed E-state index contributed by atoms with van der Waals surface area (Å²) in [7, 11) is 2.15. The van der Waals surface area contributed by atoms with Crippen LogP contribution in [0, 0.1) is 11.6 Å². The van der Waals surface area contributed by atoms with Crippen molar-refractivity contribution in [1.29, 1.82) is 0 Å². The Morgan fingerprint density at radius 2 is 1.78 bits per heavy atom. The van der Waals surface area contributed by atoms with Crippen molar-refractivity contribution in [2.75, 3.05) is 44.0 Å².